The van der Waals surface area contributed by atoms with Crippen molar-refractivity contribution in [1.82, 2.24) is 31.1 Å². The Morgan fingerprint density at radius 1 is 0.862 bits per heavy atom. The SMILES string of the molecule is CC(C)C[C@H](NC(=O)[C@@H](NC(=O)[C@H](Cc1ccc(O)cc1)NC(=O)[C@@H]1CCCN1C(=O)[C@H](CCCN=C(N)N)NC(=O)[C@@H](C)CCCCN(C)C)C(C)(C)C)C(=O)O. The molecule has 1 heterocycles. The number of aliphatic imine (C=N–C) groups is 1. The quantitative estimate of drug-likeness (QED) is 0.0446. The summed E-state index contributed by atoms with van der Waals surface area (Å²) >= 11 is 0. The van der Waals surface area contributed by atoms with Crippen LogP contribution in [-0.4, -0.2) is 125 Å². The van der Waals surface area contributed by atoms with Gasteiger partial charge in [0.15, 0.2) is 5.96 Å². The molecule has 1 saturated heterocycles. The summed E-state index contributed by atoms with van der Waals surface area (Å²) in [7, 11) is 3.98. The molecule has 6 atom stereocenters. The molecule has 17 heteroatoms. The number of phenols is 1. The zero-order valence-electron chi connectivity index (χ0n) is 35.7. The van der Waals surface area contributed by atoms with E-state index in [0.29, 0.717) is 31.2 Å². The molecule has 0 aliphatic carbocycles. The van der Waals surface area contributed by atoms with E-state index in [1.54, 1.807) is 32.9 Å². The maximum atomic E-state index is 14.2. The summed E-state index contributed by atoms with van der Waals surface area (Å²) in [5.41, 5.74) is 10.7. The smallest absolute Gasteiger partial charge is 0.326 e. The van der Waals surface area contributed by atoms with Gasteiger partial charge in [-0.1, -0.05) is 60.1 Å². The van der Waals surface area contributed by atoms with Crippen LogP contribution in [0.25, 0.3) is 0 Å². The average molecular weight is 816 g/mol. The minimum Gasteiger partial charge on any atom is -0.508 e. The molecule has 0 bridgehead atoms. The van der Waals surface area contributed by atoms with Gasteiger partial charge in [-0.05, 0) is 94.6 Å². The molecule has 0 unspecified atom stereocenters. The number of phenolic OH excluding ortho intramolecular Hbond substituents is 1. The summed E-state index contributed by atoms with van der Waals surface area (Å²) in [6.45, 7) is 12.1. The summed E-state index contributed by atoms with van der Waals surface area (Å²) in [5.74, 6) is -4.35. The molecule has 0 radical (unpaired) electrons. The van der Waals surface area contributed by atoms with Crippen molar-refractivity contribution >= 4 is 41.5 Å². The van der Waals surface area contributed by atoms with E-state index in [1.165, 1.54) is 17.0 Å². The maximum absolute atomic E-state index is 14.2. The second-order valence-corrected chi connectivity index (χ2v) is 17.2. The zero-order valence-corrected chi connectivity index (χ0v) is 35.7. The molecular weight excluding hydrogens is 747 g/mol. The lowest BCUT2D eigenvalue weighted by Gasteiger charge is -2.33. The lowest BCUT2D eigenvalue weighted by Crippen LogP contribution is -2.61. The Labute approximate surface area is 343 Å². The summed E-state index contributed by atoms with van der Waals surface area (Å²) in [4.78, 5) is 88.9. The Kier molecular flexibility index (Phi) is 19.9. The molecule has 2 rings (SSSR count). The summed E-state index contributed by atoms with van der Waals surface area (Å²) in [5, 5.41) is 30.7. The Morgan fingerprint density at radius 2 is 1.50 bits per heavy atom. The van der Waals surface area contributed by atoms with Crippen LogP contribution in [0.15, 0.2) is 29.3 Å². The van der Waals surface area contributed by atoms with Crippen molar-refractivity contribution in [3.63, 3.8) is 0 Å². The number of hydrogen-bond donors (Lipinski definition) is 8. The Morgan fingerprint density at radius 3 is 2.07 bits per heavy atom. The van der Waals surface area contributed by atoms with Crippen LogP contribution in [0.5, 0.6) is 5.75 Å². The van der Waals surface area contributed by atoms with E-state index in [1.807, 2.05) is 34.9 Å². The number of nitrogens with two attached hydrogens (primary N) is 2. The predicted molar refractivity (Wildman–Crippen MR) is 222 cm³/mol. The average Bonchev–Trinajstić information content (AvgIpc) is 3.63. The van der Waals surface area contributed by atoms with E-state index < -0.39 is 65.2 Å². The molecule has 0 aromatic heterocycles. The fourth-order valence-electron chi connectivity index (χ4n) is 6.80. The number of nitrogens with one attached hydrogen (secondary N) is 4. The molecule has 326 valence electrons. The first-order valence-electron chi connectivity index (χ1n) is 20.3. The van der Waals surface area contributed by atoms with Crippen LogP contribution in [0.2, 0.25) is 0 Å². The van der Waals surface area contributed by atoms with E-state index in [9.17, 15) is 39.0 Å². The van der Waals surface area contributed by atoms with E-state index in [0.717, 1.165) is 19.4 Å². The summed E-state index contributed by atoms with van der Waals surface area (Å²) in [6.07, 6.45) is 3.98. The van der Waals surface area contributed by atoms with Gasteiger partial charge in [-0.2, -0.15) is 0 Å². The lowest BCUT2D eigenvalue weighted by atomic mass is 9.85. The number of hydrogen-bond acceptors (Lipinski definition) is 9. The highest BCUT2D eigenvalue weighted by Gasteiger charge is 2.41. The van der Waals surface area contributed by atoms with Gasteiger partial charge < -0.3 is 52.7 Å². The topological polar surface area (TPSA) is 262 Å². The number of benzene rings is 1. The van der Waals surface area contributed by atoms with Crippen molar-refractivity contribution in [3.8, 4) is 5.75 Å². The van der Waals surface area contributed by atoms with E-state index in [4.69, 9.17) is 11.5 Å². The monoisotopic (exact) mass is 816 g/mol. The van der Waals surface area contributed by atoms with Gasteiger partial charge in [0.25, 0.3) is 0 Å². The number of unbranched alkanes of at least 4 members (excludes halogenated alkanes) is 1. The first-order valence-corrected chi connectivity index (χ1v) is 20.3. The van der Waals surface area contributed by atoms with Gasteiger partial charge in [0.2, 0.25) is 29.5 Å². The van der Waals surface area contributed by atoms with Gasteiger partial charge in [-0.15, -0.1) is 0 Å². The minimum absolute atomic E-state index is 0.00594. The van der Waals surface area contributed by atoms with Crippen LogP contribution in [0.1, 0.15) is 98.5 Å². The molecule has 0 spiro atoms. The van der Waals surface area contributed by atoms with Crippen LogP contribution in [0.4, 0.5) is 0 Å². The van der Waals surface area contributed by atoms with Crippen molar-refractivity contribution in [2.24, 2.45) is 33.7 Å². The number of guanidine groups is 1. The van der Waals surface area contributed by atoms with Crippen LogP contribution >= 0.6 is 0 Å². The Hall–Kier alpha value is -4.93. The first kappa shape index (κ1) is 49.2. The highest BCUT2D eigenvalue weighted by atomic mass is 16.4. The molecule has 0 saturated carbocycles. The molecule has 58 heavy (non-hydrogen) atoms. The number of aromatic hydroxyl groups is 1. The number of carboxylic acid groups (broad SMARTS) is 1. The molecule has 10 N–H and O–H groups in total. The number of carbonyl (C=O) groups is 6. The zero-order chi connectivity index (χ0) is 43.7. The van der Waals surface area contributed by atoms with Gasteiger partial charge >= 0.3 is 5.97 Å². The molecule has 1 aliphatic heterocycles. The second kappa shape index (κ2) is 23.5. The van der Waals surface area contributed by atoms with Crippen LogP contribution in [0, 0.1) is 17.3 Å². The highest BCUT2D eigenvalue weighted by Crippen LogP contribution is 2.23. The number of rotatable bonds is 23. The number of carbonyl (C=O) groups excluding carboxylic acids is 5. The van der Waals surface area contributed by atoms with Crippen molar-refractivity contribution in [2.75, 3.05) is 33.7 Å². The van der Waals surface area contributed by atoms with Gasteiger partial charge in [0.1, 0.15) is 36.0 Å². The van der Waals surface area contributed by atoms with E-state index >= 15 is 0 Å². The lowest BCUT2D eigenvalue weighted by molar-refractivity contribution is -0.144. The molecule has 5 amide bonds. The van der Waals surface area contributed by atoms with E-state index in [2.05, 4.69) is 31.2 Å². The van der Waals surface area contributed by atoms with Crippen molar-refractivity contribution in [3.05, 3.63) is 29.8 Å². The Bertz CT molecular complexity index is 1560. The number of carboxylic acids is 1. The number of aliphatic carboxylic acids is 1. The maximum Gasteiger partial charge on any atom is 0.326 e. The van der Waals surface area contributed by atoms with Crippen LogP contribution in [-0.2, 0) is 35.2 Å². The van der Waals surface area contributed by atoms with Crippen molar-refractivity contribution < 1.29 is 39.0 Å². The van der Waals surface area contributed by atoms with Crippen molar-refractivity contribution in [1.29, 1.82) is 0 Å². The minimum atomic E-state index is -1.23. The number of likely N-dealkylation sites (tertiary alicyclic amines) is 1. The standard InChI is InChI=1S/C41H69N9O8/c1-25(2)23-31(39(57)58)47-37(55)33(41(4,5)6)48-35(53)30(24-27-16-18-28(51)19-17-27)46-36(54)32-15-12-22-50(32)38(56)29(14-11-20-44-40(42)43)45-34(52)26(3)13-9-10-21-49(7)8/h16-19,25-26,29-33,51H,9-15,20-24H2,1-8H3,(H,45,52)(H,46,54)(H,47,55)(H,48,53)(H,57,58)(H4,42,43,44)/t26-,29-,30-,31-,32-,33+/m0/s1. The predicted octanol–water partition coefficient (Wildman–Crippen LogP) is 1.46. The number of amides is 5. The molecule has 1 aromatic rings. The van der Waals surface area contributed by atoms with Gasteiger partial charge in [0, 0.05) is 25.4 Å². The van der Waals surface area contributed by atoms with Crippen LogP contribution < -0.4 is 32.7 Å². The second-order valence-electron chi connectivity index (χ2n) is 17.2. The third-order valence-corrected chi connectivity index (χ3v) is 10.1. The van der Waals surface area contributed by atoms with Gasteiger partial charge in [0.05, 0.1) is 0 Å². The molecular formula is C41H69N9O8. The van der Waals surface area contributed by atoms with Gasteiger partial charge in [-0.3, -0.25) is 29.0 Å². The molecule has 17 nitrogen and oxygen atoms in total. The first-order chi connectivity index (χ1) is 27.1. The highest BCUT2D eigenvalue weighted by molar-refractivity contribution is 5.96. The number of nitrogens with zero attached hydrogens (tertiary/aromatic N) is 3. The molecule has 1 aromatic carbocycles. The Balaban J connectivity index is 2.36. The van der Waals surface area contributed by atoms with Gasteiger partial charge in [-0.25, -0.2) is 4.79 Å². The molecule has 1 fully saturated rings. The van der Waals surface area contributed by atoms with Crippen molar-refractivity contribution in [2.45, 2.75) is 130 Å². The van der Waals surface area contributed by atoms with Crippen LogP contribution in [0.3, 0.4) is 0 Å². The third-order valence-electron chi connectivity index (χ3n) is 10.1. The molecule has 1 aliphatic rings. The fourth-order valence-corrected chi connectivity index (χ4v) is 6.80. The summed E-state index contributed by atoms with van der Waals surface area (Å²) in [6, 6.07) is 0.586. The summed E-state index contributed by atoms with van der Waals surface area (Å²) < 4.78 is 0. The fraction of sp³-hybridized carbons (Fsp3) is 0.683. The third kappa shape index (κ3) is 16.9. The van der Waals surface area contributed by atoms with E-state index in [-0.39, 0.29) is 61.8 Å². The largest absolute Gasteiger partial charge is 0.508 e. The normalized spacial score (nSPS) is 16.8.